The van der Waals surface area contributed by atoms with Gasteiger partial charge in [-0.3, -0.25) is 4.79 Å². The van der Waals surface area contributed by atoms with Crippen LogP contribution in [0.1, 0.15) is 53.4 Å². The maximum absolute atomic E-state index is 11.8. The summed E-state index contributed by atoms with van der Waals surface area (Å²) >= 11 is 0. The van der Waals surface area contributed by atoms with Crippen molar-refractivity contribution >= 4 is 5.91 Å². The summed E-state index contributed by atoms with van der Waals surface area (Å²) in [6, 6.07) is -0.219. The van der Waals surface area contributed by atoms with Crippen molar-refractivity contribution in [2.75, 3.05) is 13.2 Å². The van der Waals surface area contributed by atoms with Crippen LogP contribution in [0.5, 0.6) is 0 Å². The van der Waals surface area contributed by atoms with Crippen LogP contribution in [-0.4, -0.2) is 35.7 Å². The van der Waals surface area contributed by atoms with Gasteiger partial charge in [-0.2, -0.15) is 0 Å². The molecule has 0 aromatic rings. The summed E-state index contributed by atoms with van der Waals surface area (Å²) in [5, 5.41) is 15.2. The molecule has 17 heavy (non-hydrogen) atoms. The second kappa shape index (κ2) is 8.48. The second-order valence-corrected chi connectivity index (χ2v) is 4.90. The van der Waals surface area contributed by atoms with Crippen LogP contribution < -0.4 is 10.6 Å². The molecule has 0 aliphatic heterocycles. The molecule has 4 nitrogen and oxygen atoms in total. The average molecular weight is 244 g/mol. The van der Waals surface area contributed by atoms with Crippen molar-refractivity contribution in [2.24, 2.45) is 0 Å². The van der Waals surface area contributed by atoms with E-state index in [9.17, 15) is 4.79 Å². The summed E-state index contributed by atoms with van der Waals surface area (Å²) in [5.41, 5.74) is -0.170. The van der Waals surface area contributed by atoms with E-state index in [0.29, 0.717) is 6.42 Å². The molecule has 0 saturated heterocycles. The van der Waals surface area contributed by atoms with E-state index in [2.05, 4.69) is 24.5 Å². The highest BCUT2D eigenvalue weighted by atomic mass is 16.3. The van der Waals surface area contributed by atoms with Crippen LogP contribution >= 0.6 is 0 Å². The quantitative estimate of drug-likeness (QED) is 0.538. The maximum atomic E-state index is 11.8. The lowest BCUT2D eigenvalue weighted by molar-refractivity contribution is -0.123. The van der Waals surface area contributed by atoms with Crippen molar-refractivity contribution in [2.45, 2.75) is 65.0 Å². The first-order valence-electron chi connectivity index (χ1n) is 6.65. The van der Waals surface area contributed by atoms with Gasteiger partial charge < -0.3 is 15.7 Å². The molecule has 0 fully saturated rings. The fourth-order valence-electron chi connectivity index (χ4n) is 1.73. The first kappa shape index (κ1) is 16.4. The third-order valence-corrected chi connectivity index (χ3v) is 3.23. The molecular weight excluding hydrogens is 216 g/mol. The highest BCUT2D eigenvalue weighted by Gasteiger charge is 2.25. The number of amides is 1. The molecule has 0 aromatic carbocycles. The minimum atomic E-state index is -0.219. The van der Waals surface area contributed by atoms with Gasteiger partial charge in [0.2, 0.25) is 5.91 Å². The van der Waals surface area contributed by atoms with Crippen molar-refractivity contribution in [3.05, 3.63) is 0 Å². The van der Waals surface area contributed by atoms with Gasteiger partial charge in [-0.05, 0) is 33.1 Å². The molecule has 0 heterocycles. The predicted molar refractivity (Wildman–Crippen MR) is 70.9 cm³/mol. The zero-order valence-corrected chi connectivity index (χ0v) is 11.7. The van der Waals surface area contributed by atoms with Gasteiger partial charge in [0.25, 0.3) is 0 Å². The van der Waals surface area contributed by atoms with Crippen LogP contribution in [-0.2, 0) is 4.79 Å². The Kier molecular flexibility index (Phi) is 8.17. The summed E-state index contributed by atoms with van der Waals surface area (Å²) in [6.07, 6.45) is 3.65. The van der Waals surface area contributed by atoms with E-state index in [0.717, 1.165) is 25.8 Å². The molecule has 4 heteroatoms. The van der Waals surface area contributed by atoms with Crippen molar-refractivity contribution in [3.8, 4) is 0 Å². The first-order chi connectivity index (χ1) is 7.99. The number of rotatable bonds is 9. The summed E-state index contributed by atoms with van der Waals surface area (Å²) in [7, 11) is 0. The van der Waals surface area contributed by atoms with E-state index in [1.54, 1.807) is 0 Å². The van der Waals surface area contributed by atoms with E-state index in [4.69, 9.17) is 5.11 Å². The molecule has 0 radical (unpaired) electrons. The predicted octanol–water partition coefficient (Wildman–Crippen LogP) is 1.43. The van der Waals surface area contributed by atoms with E-state index < -0.39 is 0 Å². The third kappa shape index (κ3) is 6.64. The molecule has 102 valence electrons. The molecular formula is C13H28N2O2. The lowest BCUT2D eigenvalue weighted by Crippen LogP contribution is -2.53. The highest BCUT2D eigenvalue weighted by molar-refractivity contribution is 5.81. The first-order valence-corrected chi connectivity index (χ1v) is 6.65. The van der Waals surface area contributed by atoms with E-state index in [1.807, 2.05) is 13.8 Å². The molecule has 2 atom stereocenters. The van der Waals surface area contributed by atoms with Crippen molar-refractivity contribution < 1.29 is 9.90 Å². The monoisotopic (exact) mass is 244 g/mol. The Labute approximate surface area is 105 Å². The summed E-state index contributed by atoms with van der Waals surface area (Å²) in [4.78, 5) is 11.8. The Morgan fingerprint density at radius 2 is 2.06 bits per heavy atom. The van der Waals surface area contributed by atoms with Gasteiger partial charge in [0.15, 0.2) is 0 Å². The van der Waals surface area contributed by atoms with Gasteiger partial charge in [-0.25, -0.2) is 0 Å². The normalized spacial score (nSPS) is 16.3. The van der Waals surface area contributed by atoms with Crippen LogP contribution in [0.25, 0.3) is 0 Å². The topological polar surface area (TPSA) is 61.4 Å². The SMILES string of the molecule is CCCCNC(=O)C(C)NC(C)(CC)CCO. The van der Waals surface area contributed by atoms with E-state index >= 15 is 0 Å². The van der Waals surface area contributed by atoms with Crippen molar-refractivity contribution in [3.63, 3.8) is 0 Å². The van der Waals surface area contributed by atoms with Gasteiger partial charge in [-0.15, -0.1) is 0 Å². The van der Waals surface area contributed by atoms with Crippen LogP contribution in [0.2, 0.25) is 0 Å². The van der Waals surface area contributed by atoms with Crippen LogP contribution in [0, 0.1) is 0 Å². The minimum absolute atomic E-state index is 0.0380. The number of unbranched alkanes of at least 4 members (excludes halogenated alkanes) is 1. The Hall–Kier alpha value is -0.610. The Morgan fingerprint density at radius 1 is 1.41 bits per heavy atom. The number of hydrogen-bond acceptors (Lipinski definition) is 3. The Bertz CT molecular complexity index is 221. The van der Waals surface area contributed by atoms with Gasteiger partial charge >= 0.3 is 0 Å². The maximum Gasteiger partial charge on any atom is 0.236 e. The molecule has 0 spiro atoms. The summed E-state index contributed by atoms with van der Waals surface area (Å²) in [6.45, 7) is 8.95. The summed E-state index contributed by atoms with van der Waals surface area (Å²) in [5.74, 6) is 0.0380. The molecule has 0 aliphatic carbocycles. The van der Waals surface area contributed by atoms with Crippen LogP contribution in [0.15, 0.2) is 0 Å². The second-order valence-electron chi connectivity index (χ2n) is 4.90. The fraction of sp³-hybridized carbons (Fsp3) is 0.923. The average Bonchev–Trinajstić information content (AvgIpc) is 2.29. The Morgan fingerprint density at radius 3 is 2.53 bits per heavy atom. The highest BCUT2D eigenvalue weighted by Crippen LogP contribution is 2.14. The third-order valence-electron chi connectivity index (χ3n) is 3.23. The standard InChI is InChI=1S/C13H28N2O2/c1-5-7-9-14-12(17)11(3)15-13(4,6-2)8-10-16/h11,15-16H,5-10H2,1-4H3,(H,14,17). The zero-order chi connectivity index (χ0) is 13.3. The number of aliphatic hydroxyl groups is 1. The van der Waals surface area contributed by atoms with Gasteiger partial charge in [0.05, 0.1) is 6.04 Å². The van der Waals surface area contributed by atoms with Crippen molar-refractivity contribution in [1.29, 1.82) is 0 Å². The Balaban J connectivity index is 4.12. The molecule has 2 unspecified atom stereocenters. The number of aliphatic hydroxyl groups excluding tert-OH is 1. The fourth-order valence-corrected chi connectivity index (χ4v) is 1.73. The molecule has 0 rings (SSSR count). The van der Waals surface area contributed by atoms with Crippen LogP contribution in [0.3, 0.4) is 0 Å². The van der Waals surface area contributed by atoms with Gasteiger partial charge in [0.1, 0.15) is 0 Å². The molecule has 0 aromatic heterocycles. The number of carbonyl (C=O) groups is 1. The number of nitrogens with one attached hydrogen (secondary N) is 2. The lowest BCUT2D eigenvalue weighted by atomic mass is 9.94. The minimum Gasteiger partial charge on any atom is -0.396 e. The van der Waals surface area contributed by atoms with Gasteiger partial charge in [-0.1, -0.05) is 20.3 Å². The molecule has 0 saturated carbocycles. The zero-order valence-electron chi connectivity index (χ0n) is 11.7. The molecule has 1 amide bonds. The van der Waals surface area contributed by atoms with Crippen molar-refractivity contribution in [1.82, 2.24) is 10.6 Å². The molecule has 0 aliphatic rings. The van der Waals surface area contributed by atoms with Crippen LogP contribution in [0.4, 0.5) is 0 Å². The largest absolute Gasteiger partial charge is 0.396 e. The lowest BCUT2D eigenvalue weighted by Gasteiger charge is -2.32. The summed E-state index contributed by atoms with van der Waals surface area (Å²) < 4.78 is 0. The van der Waals surface area contributed by atoms with Gasteiger partial charge in [0, 0.05) is 18.7 Å². The molecule has 0 bridgehead atoms. The number of hydrogen-bond donors (Lipinski definition) is 3. The smallest absolute Gasteiger partial charge is 0.236 e. The van der Waals surface area contributed by atoms with E-state index in [1.165, 1.54) is 0 Å². The van der Waals surface area contributed by atoms with E-state index in [-0.39, 0.29) is 24.1 Å². The number of carbonyl (C=O) groups excluding carboxylic acids is 1. The molecule has 3 N–H and O–H groups in total.